The van der Waals surface area contributed by atoms with Crippen LogP contribution in [0, 0.1) is 0 Å². The Balaban J connectivity index is 1.49. The number of benzene rings is 1. The molecule has 7 nitrogen and oxygen atoms in total. The van der Waals surface area contributed by atoms with Crippen LogP contribution in [-0.4, -0.2) is 27.3 Å². The Morgan fingerprint density at radius 1 is 1.21 bits per heavy atom. The molecule has 10 heteroatoms. The molecule has 29 heavy (non-hydrogen) atoms. The Morgan fingerprint density at radius 3 is 2.90 bits per heavy atom. The average molecular weight is 449 g/mol. The van der Waals surface area contributed by atoms with Crippen LogP contribution in [-0.2, 0) is 6.61 Å². The number of ether oxygens (including phenoxy) is 1. The summed E-state index contributed by atoms with van der Waals surface area (Å²) < 4.78 is 18.4. The van der Waals surface area contributed by atoms with Gasteiger partial charge in [-0.15, -0.1) is 10.2 Å². The molecule has 0 bridgehead atoms. The Morgan fingerprint density at radius 2 is 2.10 bits per heavy atom. The highest BCUT2D eigenvalue weighted by Crippen LogP contribution is 2.28. The number of rotatable bonds is 7. The molecule has 0 spiro atoms. The monoisotopic (exact) mass is 448 g/mol. The van der Waals surface area contributed by atoms with E-state index >= 15 is 0 Å². The van der Waals surface area contributed by atoms with E-state index in [1.165, 1.54) is 11.8 Å². The van der Waals surface area contributed by atoms with Gasteiger partial charge in [-0.1, -0.05) is 35.0 Å². The molecule has 4 aromatic rings. The summed E-state index contributed by atoms with van der Waals surface area (Å²) in [6, 6.07) is 12.2. The van der Waals surface area contributed by atoms with Crippen molar-refractivity contribution in [2.75, 3.05) is 6.26 Å². The van der Waals surface area contributed by atoms with Crippen molar-refractivity contribution in [3.05, 3.63) is 70.3 Å². The van der Waals surface area contributed by atoms with Crippen LogP contribution in [0.15, 0.2) is 67.8 Å². The van der Waals surface area contributed by atoms with E-state index in [1.807, 2.05) is 6.26 Å². The van der Waals surface area contributed by atoms with Crippen LogP contribution in [0.1, 0.15) is 11.5 Å². The fourth-order valence-corrected chi connectivity index (χ4v) is 3.21. The summed E-state index contributed by atoms with van der Waals surface area (Å²) in [6.45, 7) is 0.203. The number of aromatic nitrogens is 3. The predicted octanol–water partition coefficient (Wildman–Crippen LogP) is 5.62. The van der Waals surface area contributed by atoms with E-state index in [-0.39, 0.29) is 6.61 Å². The molecule has 4 rings (SSSR count). The molecular formula is C19H14Cl2N4O3S. The van der Waals surface area contributed by atoms with E-state index in [0.717, 1.165) is 0 Å². The molecule has 3 aromatic heterocycles. The van der Waals surface area contributed by atoms with Gasteiger partial charge in [0.1, 0.15) is 23.9 Å². The quantitative estimate of drug-likeness (QED) is 0.269. The standard InChI is InChI=1S/C19H14Cl2N4O3S/c1-29-19-24-23-18(16-3-2-8-26-16)25(19)22-10-13-5-6-14(28-13)11-27-17-9-12(20)4-7-15(17)21/h2-10H,11H2,1H3/b22-10+. The van der Waals surface area contributed by atoms with E-state index < -0.39 is 0 Å². The van der Waals surface area contributed by atoms with Crippen molar-refractivity contribution in [2.45, 2.75) is 11.8 Å². The summed E-state index contributed by atoms with van der Waals surface area (Å²) >= 11 is 13.5. The van der Waals surface area contributed by atoms with Crippen LogP contribution >= 0.6 is 35.0 Å². The molecule has 0 aliphatic carbocycles. The SMILES string of the molecule is CSc1nnc(-c2ccco2)n1/N=C/c1ccc(COc2cc(Cl)ccc2Cl)o1. The van der Waals surface area contributed by atoms with Gasteiger partial charge in [-0.25, -0.2) is 0 Å². The van der Waals surface area contributed by atoms with Crippen LogP contribution < -0.4 is 4.74 Å². The summed E-state index contributed by atoms with van der Waals surface area (Å²) in [5.74, 6) is 2.72. The molecule has 0 N–H and O–H groups in total. The lowest BCUT2D eigenvalue weighted by Crippen LogP contribution is -1.96. The zero-order valence-corrected chi connectivity index (χ0v) is 17.4. The third-order valence-corrected chi connectivity index (χ3v) is 4.95. The van der Waals surface area contributed by atoms with Gasteiger partial charge in [-0.2, -0.15) is 9.78 Å². The zero-order valence-electron chi connectivity index (χ0n) is 15.1. The Hall–Kier alpha value is -2.68. The van der Waals surface area contributed by atoms with E-state index in [1.54, 1.807) is 59.6 Å². The van der Waals surface area contributed by atoms with Gasteiger partial charge in [0.15, 0.2) is 5.76 Å². The normalized spacial score (nSPS) is 11.4. The lowest BCUT2D eigenvalue weighted by molar-refractivity contribution is 0.270. The minimum atomic E-state index is 0.203. The molecule has 148 valence electrons. The first-order chi connectivity index (χ1) is 14.1. The van der Waals surface area contributed by atoms with Gasteiger partial charge in [0.25, 0.3) is 0 Å². The molecule has 1 aromatic carbocycles. The van der Waals surface area contributed by atoms with Crippen molar-refractivity contribution in [3.8, 4) is 17.3 Å². The topological polar surface area (TPSA) is 78.6 Å². The van der Waals surface area contributed by atoms with E-state index in [4.69, 9.17) is 36.8 Å². The maximum absolute atomic E-state index is 6.10. The lowest BCUT2D eigenvalue weighted by Gasteiger charge is -2.06. The Bertz CT molecular complexity index is 1140. The third-order valence-electron chi connectivity index (χ3n) is 3.78. The number of hydrogen-bond donors (Lipinski definition) is 0. The van der Waals surface area contributed by atoms with Gasteiger partial charge in [-0.3, -0.25) is 0 Å². The first-order valence-electron chi connectivity index (χ1n) is 8.38. The molecular weight excluding hydrogens is 435 g/mol. The largest absolute Gasteiger partial charge is 0.484 e. The zero-order chi connectivity index (χ0) is 20.2. The Kier molecular flexibility index (Phi) is 5.94. The van der Waals surface area contributed by atoms with Gasteiger partial charge in [-0.05, 0) is 42.7 Å². The molecule has 0 aliphatic rings. The minimum Gasteiger partial charge on any atom is -0.484 e. The minimum absolute atomic E-state index is 0.203. The number of furan rings is 2. The van der Waals surface area contributed by atoms with Crippen molar-refractivity contribution in [1.29, 1.82) is 0 Å². The molecule has 0 unspecified atom stereocenters. The molecule has 0 amide bonds. The molecule has 0 saturated carbocycles. The maximum atomic E-state index is 6.10. The van der Waals surface area contributed by atoms with E-state index in [2.05, 4.69) is 15.3 Å². The summed E-state index contributed by atoms with van der Waals surface area (Å²) in [5, 5.41) is 14.3. The fourth-order valence-electron chi connectivity index (χ4n) is 2.45. The van der Waals surface area contributed by atoms with Crippen LogP contribution in [0.25, 0.3) is 11.6 Å². The maximum Gasteiger partial charge on any atom is 0.221 e. The summed E-state index contributed by atoms with van der Waals surface area (Å²) in [7, 11) is 0. The van der Waals surface area contributed by atoms with Gasteiger partial charge >= 0.3 is 0 Å². The van der Waals surface area contributed by atoms with Gasteiger partial charge in [0.2, 0.25) is 11.0 Å². The van der Waals surface area contributed by atoms with E-state index in [9.17, 15) is 0 Å². The summed E-state index contributed by atoms with van der Waals surface area (Å²) in [4.78, 5) is 0. The van der Waals surface area contributed by atoms with Crippen molar-refractivity contribution in [2.24, 2.45) is 5.10 Å². The smallest absolute Gasteiger partial charge is 0.221 e. The number of thioether (sulfide) groups is 1. The average Bonchev–Trinajstić information content (AvgIpc) is 3.47. The molecule has 0 saturated heterocycles. The highest BCUT2D eigenvalue weighted by molar-refractivity contribution is 7.98. The Labute approximate surface area is 180 Å². The lowest BCUT2D eigenvalue weighted by atomic mass is 10.3. The second-order valence-corrected chi connectivity index (χ2v) is 7.33. The van der Waals surface area contributed by atoms with Crippen LogP contribution in [0.3, 0.4) is 0 Å². The molecule has 0 radical (unpaired) electrons. The second kappa shape index (κ2) is 8.77. The molecule has 0 aliphatic heterocycles. The van der Waals surface area contributed by atoms with Crippen LogP contribution in [0.4, 0.5) is 0 Å². The second-order valence-electron chi connectivity index (χ2n) is 5.71. The molecule has 0 fully saturated rings. The first kappa shape index (κ1) is 19.6. The predicted molar refractivity (Wildman–Crippen MR) is 112 cm³/mol. The van der Waals surface area contributed by atoms with Crippen molar-refractivity contribution in [3.63, 3.8) is 0 Å². The van der Waals surface area contributed by atoms with Gasteiger partial charge < -0.3 is 13.6 Å². The van der Waals surface area contributed by atoms with Crippen LogP contribution in [0.5, 0.6) is 5.75 Å². The van der Waals surface area contributed by atoms with E-state index in [0.29, 0.717) is 44.1 Å². The number of halogens is 2. The highest BCUT2D eigenvalue weighted by Gasteiger charge is 2.15. The van der Waals surface area contributed by atoms with Crippen molar-refractivity contribution < 1.29 is 13.6 Å². The third kappa shape index (κ3) is 4.50. The number of nitrogens with zero attached hydrogens (tertiary/aromatic N) is 4. The van der Waals surface area contributed by atoms with Crippen molar-refractivity contribution >= 4 is 41.2 Å². The fraction of sp³-hybridized carbons (Fsp3) is 0.105. The number of hydrogen-bond acceptors (Lipinski definition) is 7. The molecule has 3 heterocycles. The summed E-state index contributed by atoms with van der Waals surface area (Å²) in [6.07, 6.45) is 5.04. The van der Waals surface area contributed by atoms with Gasteiger partial charge in [0, 0.05) is 11.1 Å². The first-order valence-corrected chi connectivity index (χ1v) is 10.4. The van der Waals surface area contributed by atoms with Crippen LogP contribution in [0.2, 0.25) is 10.0 Å². The van der Waals surface area contributed by atoms with Gasteiger partial charge in [0.05, 0.1) is 17.5 Å². The highest BCUT2D eigenvalue weighted by atomic mass is 35.5. The molecule has 0 atom stereocenters. The summed E-state index contributed by atoms with van der Waals surface area (Å²) in [5.41, 5.74) is 0. The van der Waals surface area contributed by atoms with Crippen molar-refractivity contribution in [1.82, 2.24) is 14.9 Å².